The number of carbonyl (C=O) groups excluding carboxylic acids is 2. The van der Waals surface area contributed by atoms with Gasteiger partial charge in [0.25, 0.3) is 0 Å². The molecule has 3 N–H and O–H groups in total. The molecule has 0 bridgehead atoms. The fourth-order valence-corrected chi connectivity index (χ4v) is 3.08. The lowest BCUT2D eigenvalue weighted by Gasteiger charge is -2.12. The molecule has 0 aliphatic carbocycles. The zero-order chi connectivity index (χ0) is 19.1. The molecule has 1 aliphatic heterocycles. The van der Waals surface area contributed by atoms with Gasteiger partial charge in [0.15, 0.2) is 0 Å². The van der Waals surface area contributed by atoms with Crippen molar-refractivity contribution in [3.05, 3.63) is 58.6 Å². The largest absolute Gasteiger partial charge is 0.376 e. The van der Waals surface area contributed by atoms with Crippen molar-refractivity contribution in [1.29, 1.82) is 0 Å². The summed E-state index contributed by atoms with van der Waals surface area (Å²) in [7, 11) is 0. The monoisotopic (exact) mass is 431 g/mol. The summed E-state index contributed by atoms with van der Waals surface area (Å²) < 4.78 is 6.45. The first-order chi connectivity index (χ1) is 13.1. The van der Waals surface area contributed by atoms with Gasteiger partial charge in [0.05, 0.1) is 12.5 Å². The van der Waals surface area contributed by atoms with Crippen molar-refractivity contribution in [2.75, 3.05) is 23.8 Å². The van der Waals surface area contributed by atoms with Crippen LogP contribution < -0.4 is 16.0 Å². The second kappa shape index (κ2) is 9.53. The number of anilines is 2. The van der Waals surface area contributed by atoms with Crippen molar-refractivity contribution in [2.45, 2.75) is 25.4 Å². The molecule has 142 valence electrons. The van der Waals surface area contributed by atoms with Gasteiger partial charge in [0.2, 0.25) is 5.91 Å². The van der Waals surface area contributed by atoms with Crippen LogP contribution in [0.2, 0.25) is 0 Å². The average molecular weight is 432 g/mol. The molecule has 0 aromatic heterocycles. The van der Waals surface area contributed by atoms with Crippen LogP contribution in [-0.4, -0.2) is 31.2 Å². The molecule has 1 saturated heterocycles. The van der Waals surface area contributed by atoms with Gasteiger partial charge in [0, 0.05) is 29.0 Å². The van der Waals surface area contributed by atoms with Crippen molar-refractivity contribution in [2.24, 2.45) is 0 Å². The molecule has 0 radical (unpaired) electrons. The van der Waals surface area contributed by atoms with Crippen molar-refractivity contribution >= 4 is 39.2 Å². The number of hydrogen-bond donors (Lipinski definition) is 3. The fourth-order valence-electron chi connectivity index (χ4n) is 2.82. The van der Waals surface area contributed by atoms with E-state index in [-0.39, 0.29) is 18.0 Å². The highest BCUT2D eigenvalue weighted by Crippen LogP contribution is 2.15. The molecule has 1 heterocycles. The second-order valence-corrected chi connectivity index (χ2v) is 7.31. The topological polar surface area (TPSA) is 79.5 Å². The Balaban J connectivity index is 1.44. The number of urea groups is 1. The fraction of sp³-hybridized carbons (Fsp3) is 0.300. The van der Waals surface area contributed by atoms with Gasteiger partial charge in [-0.1, -0.05) is 28.1 Å². The third kappa shape index (κ3) is 6.37. The zero-order valence-corrected chi connectivity index (χ0v) is 16.4. The van der Waals surface area contributed by atoms with Crippen LogP contribution in [0, 0.1) is 0 Å². The number of benzene rings is 2. The molecule has 1 aliphatic rings. The molecule has 3 rings (SSSR count). The maximum Gasteiger partial charge on any atom is 0.319 e. The normalized spacial score (nSPS) is 16.0. The van der Waals surface area contributed by atoms with E-state index >= 15 is 0 Å². The predicted molar refractivity (Wildman–Crippen MR) is 109 cm³/mol. The Labute approximate surface area is 166 Å². The van der Waals surface area contributed by atoms with Crippen LogP contribution in [0.25, 0.3) is 0 Å². The van der Waals surface area contributed by atoms with Gasteiger partial charge in [-0.25, -0.2) is 4.79 Å². The van der Waals surface area contributed by atoms with Gasteiger partial charge >= 0.3 is 6.03 Å². The minimum absolute atomic E-state index is 0.0904. The molecule has 7 heteroatoms. The summed E-state index contributed by atoms with van der Waals surface area (Å²) in [6, 6.07) is 14.4. The van der Waals surface area contributed by atoms with Crippen molar-refractivity contribution in [3.63, 3.8) is 0 Å². The van der Waals surface area contributed by atoms with E-state index in [9.17, 15) is 9.59 Å². The van der Waals surface area contributed by atoms with Gasteiger partial charge in [0.1, 0.15) is 0 Å². The highest BCUT2D eigenvalue weighted by Gasteiger charge is 2.16. The highest BCUT2D eigenvalue weighted by molar-refractivity contribution is 9.10. The Bertz CT molecular complexity index is 772. The maximum atomic E-state index is 12.1. The van der Waals surface area contributed by atoms with Crippen LogP contribution in [0.15, 0.2) is 53.0 Å². The Morgan fingerprint density at radius 1 is 1.00 bits per heavy atom. The van der Waals surface area contributed by atoms with E-state index < -0.39 is 0 Å². The van der Waals surface area contributed by atoms with Crippen LogP contribution in [0.5, 0.6) is 0 Å². The first kappa shape index (κ1) is 19.4. The molecule has 1 fully saturated rings. The number of amides is 3. The summed E-state index contributed by atoms with van der Waals surface area (Å²) in [5.74, 6) is -0.0904. The van der Waals surface area contributed by atoms with Crippen molar-refractivity contribution < 1.29 is 14.3 Å². The number of ether oxygens (including phenoxy) is 1. The molecule has 0 spiro atoms. The first-order valence-corrected chi connectivity index (χ1v) is 9.68. The van der Waals surface area contributed by atoms with Gasteiger partial charge < -0.3 is 20.7 Å². The van der Waals surface area contributed by atoms with E-state index in [1.165, 1.54) is 0 Å². The number of nitrogens with one attached hydrogen (secondary N) is 3. The number of rotatable bonds is 6. The molecule has 1 atom stereocenters. The summed E-state index contributed by atoms with van der Waals surface area (Å²) in [5.41, 5.74) is 2.28. The smallest absolute Gasteiger partial charge is 0.319 e. The number of hydrogen-bond acceptors (Lipinski definition) is 3. The lowest BCUT2D eigenvalue weighted by Crippen LogP contribution is -2.35. The third-order valence-electron chi connectivity index (χ3n) is 4.22. The van der Waals surface area contributed by atoms with Crippen LogP contribution in [0.3, 0.4) is 0 Å². The molecule has 3 amide bonds. The van der Waals surface area contributed by atoms with Crippen molar-refractivity contribution in [1.82, 2.24) is 5.32 Å². The molecule has 1 unspecified atom stereocenters. The Hall–Kier alpha value is -2.38. The minimum Gasteiger partial charge on any atom is -0.376 e. The molecule has 2 aromatic carbocycles. The SMILES string of the molecule is O=C(Cc1ccc(Br)cc1)Nc1ccc(NC(=O)NCC2CCCO2)cc1. The Kier molecular flexibility index (Phi) is 6.84. The van der Waals surface area contributed by atoms with Crippen molar-refractivity contribution in [3.8, 4) is 0 Å². The van der Waals surface area contributed by atoms with E-state index in [4.69, 9.17) is 4.74 Å². The molecule has 2 aromatic rings. The first-order valence-electron chi connectivity index (χ1n) is 8.89. The third-order valence-corrected chi connectivity index (χ3v) is 4.75. The van der Waals surface area contributed by atoms with Crippen LogP contribution in [-0.2, 0) is 16.0 Å². The van der Waals surface area contributed by atoms with Crippen LogP contribution in [0.1, 0.15) is 18.4 Å². The van der Waals surface area contributed by atoms with E-state index in [2.05, 4.69) is 31.9 Å². The zero-order valence-electron chi connectivity index (χ0n) is 14.8. The van der Waals surface area contributed by atoms with E-state index in [0.717, 1.165) is 29.5 Å². The maximum absolute atomic E-state index is 12.1. The number of halogens is 1. The molecule has 0 saturated carbocycles. The van der Waals surface area contributed by atoms with Gasteiger partial charge in [-0.3, -0.25) is 4.79 Å². The summed E-state index contributed by atoms with van der Waals surface area (Å²) in [5, 5.41) is 8.42. The standard InChI is InChI=1S/C20H22BrN3O3/c21-15-5-3-14(4-6-15)12-19(25)23-16-7-9-17(10-8-16)24-20(26)22-13-18-2-1-11-27-18/h3-10,18H,1-2,11-13H2,(H,23,25)(H2,22,24,26). The number of carbonyl (C=O) groups is 2. The molecular formula is C20H22BrN3O3. The van der Waals surface area contributed by atoms with Gasteiger partial charge in [-0.2, -0.15) is 0 Å². The molecule has 27 heavy (non-hydrogen) atoms. The summed E-state index contributed by atoms with van der Waals surface area (Å²) in [6.07, 6.45) is 2.44. The highest BCUT2D eigenvalue weighted by atomic mass is 79.9. The van der Waals surface area contributed by atoms with E-state index in [1.54, 1.807) is 24.3 Å². The van der Waals surface area contributed by atoms with Gasteiger partial charge in [-0.15, -0.1) is 0 Å². The predicted octanol–water partition coefficient (Wildman–Crippen LogP) is 3.93. The van der Waals surface area contributed by atoms with Crippen LogP contribution >= 0.6 is 15.9 Å². The lowest BCUT2D eigenvalue weighted by molar-refractivity contribution is -0.115. The Morgan fingerprint density at radius 2 is 1.67 bits per heavy atom. The quantitative estimate of drug-likeness (QED) is 0.647. The summed E-state index contributed by atoms with van der Waals surface area (Å²) in [6.45, 7) is 1.28. The minimum atomic E-state index is -0.266. The van der Waals surface area contributed by atoms with E-state index in [1.807, 2.05) is 24.3 Å². The molecular weight excluding hydrogens is 410 g/mol. The summed E-state index contributed by atoms with van der Waals surface area (Å²) >= 11 is 3.37. The lowest BCUT2D eigenvalue weighted by atomic mass is 10.1. The molecule has 6 nitrogen and oxygen atoms in total. The van der Waals surface area contributed by atoms with Gasteiger partial charge in [-0.05, 0) is 54.8 Å². The Morgan fingerprint density at radius 3 is 2.30 bits per heavy atom. The van der Waals surface area contributed by atoms with E-state index in [0.29, 0.717) is 24.3 Å². The van der Waals surface area contributed by atoms with Crippen LogP contribution in [0.4, 0.5) is 16.2 Å². The summed E-state index contributed by atoms with van der Waals surface area (Å²) in [4.78, 5) is 24.0. The average Bonchev–Trinajstić information content (AvgIpc) is 3.17. The second-order valence-electron chi connectivity index (χ2n) is 6.40.